The van der Waals surface area contributed by atoms with E-state index >= 15 is 0 Å². The summed E-state index contributed by atoms with van der Waals surface area (Å²) in [6.45, 7) is 0.396. The van der Waals surface area contributed by atoms with Crippen LogP contribution in [0.25, 0.3) is 28.2 Å². The Bertz CT molecular complexity index is 1460. The van der Waals surface area contributed by atoms with E-state index in [1.54, 1.807) is 6.07 Å². The predicted octanol–water partition coefficient (Wildman–Crippen LogP) is 5.99. The maximum Gasteiger partial charge on any atom is 0.356 e. The molecule has 0 saturated heterocycles. The fraction of sp³-hybridized carbons (Fsp3) is 0.0385. The third kappa shape index (κ3) is 4.29. The second-order valence-electron chi connectivity index (χ2n) is 7.41. The van der Waals surface area contributed by atoms with E-state index in [1.165, 1.54) is 10.6 Å². The molecule has 5 rings (SSSR count). The first-order chi connectivity index (χ1) is 16.1. The smallest absolute Gasteiger partial charge is 0.356 e. The highest BCUT2D eigenvalue weighted by molar-refractivity contribution is 6.30. The minimum Gasteiger partial charge on any atom is -0.488 e. The van der Waals surface area contributed by atoms with Crippen LogP contribution in [0, 0.1) is 0 Å². The standard InChI is InChI=1S/C26H18ClN3O3/c27-19-10-6-9-18(13-19)21-14-23(30-25(28-21)15-22(29-30)26(31)32)20-11-4-5-12-24(20)33-16-17-7-2-1-3-8-17/h1-15H,16H2,(H,31,32). The van der Waals surface area contributed by atoms with Crippen LogP contribution in [0.15, 0.2) is 91.0 Å². The summed E-state index contributed by atoms with van der Waals surface area (Å²) in [7, 11) is 0. The van der Waals surface area contributed by atoms with E-state index in [4.69, 9.17) is 16.3 Å². The molecule has 6 nitrogen and oxygen atoms in total. The fourth-order valence-corrected chi connectivity index (χ4v) is 3.80. The van der Waals surface area contributed by atoms with Gasteiger partial charge < -0.3 is 9.84 Å². The van der Waals surface area contributed by atoms with Gasteiger partial charge in [-0.1, -0.05) is 66.2 Å². The van der Waals surface area contributed by atoms with E-state index < -0.39 is 5.97 Å². The van der Waals surface area contributed by atoms with Crippen LogP contribution in [-0.2, 0) is 6.61 Å². The zero-order valence-electron chi connectivity index (χ0n) is 17.4. The van der Waals surface area contributed by atoms with Crippen molar-refractivity contribution in [1.29, 1.82) is 0 Å². The summed E-state index contributed by atoms with van der Waals surface area (Å²) in [5.41, 5.74) is 4.25. The van der Waals surface area contributed by atoms with Gasteiger partial charge in [-0.15, -0.1) is 0 Å². The van der Waals surface area contributed by atoms with Gasteiger partial charge in [0.1, 0.15) is 12.4 Å². The van der Waals surface area contributed by atoms with E-state index in [0.717, 1.165) is 16.7 Å². The minimum absolute atomic E-state index is 0.0883. The Morgan fingerprint density at radius 3 is 2.52 bits per heavy atom. The molecule has 0 fully saturated rings. The number of carboxylic acids is 1. The number of para-hydroxylation sites is 1. The van der Waals surface area contributed by atoms with Crippen LogP contribution in [-0.4, -0.2) is 25.7 Å². The Kier molecular flexibility index (Phi) is 5.50. The number of nitrogens with zero attached hydrogens (tertiary/aromatic N) is 3. The van der Waals surface area contributed by atoms with Crippen molar-refractivity contribution in [2.24, 2.45) is 0 Å². The van der Waals surface area contributed by atoms with Gasteiger partial charge in [0.2, 0.25) is 0 Å². The third-order valence-corrected chi connectivity index (χ3v) is 5.40. The molecule has 7 heteroatoms. The SMILES string of the molecule is O=C(O)c1cc2nc(-c3cccc(Cl)c3)cc(-c3ccccc3OCc3ccccc3)n2n1. The fourth-order valence-electron chi connectivity index (χ4n) is 3.61. The molecule has 33 heavy (non-hydrogen) atoms. The molecule has 0 aliphatic rings. The number of halogens is 1. The van der Waals surface area contributed by atoms with Crippen LogP contribution >= 0.6 is 11.6 Å². The van der Waals surface area contributed by atoms with Crippen LogP contribution in [0.3, 0.4) is 0 Å². The molecule has 0 atom stereocenters. The van der Waals surface area contributed by atoms with Gasteiger partial charge in [-0.25, -0.2) is 14.3 Å². The predicted molar refractivity (Wildman–Crippen MR) is 127 cm³/mol. The van der Waals surface area contributed by atoms with Gasteiger partial charge >= 0.3 is 5.97 Å². The number of aromatic nitrogens is 3. The first-order valence-corrected chi connectivity index (χ1v) is 10.6. The Hall–Kier alpha value is -4.16. The maximum absolute atomic E-state index is 11.6. The van der Waals surface area contributed by atoms with Crippen LogP contribution in [0.1, 0.15) is 16.1 Å². The summed E-state index contributed by atoms with van der Waals surface area (Å²) in [6.07, 6.45) is 0. The zero-order valence-corrected chi connectivity index (χ0v) is 18.1. The lowest BCUT2D eigenvalue weighted by Crippen LogP contribution is -2.03. The van der Waals surface area contributed by atoms with Crippen LogP contribution < -0.4 is 4.74 Å². The van der Waals surface area contributed by atoms with Gasteiger partial charge in [-0.3, -0.25) is 0 Å². The van der Waals surface area contributed by atoms with Crippen molar-refractivity contribution in [1.82, 2.24) is 14.6 Å². The van der Waals surface area contributed by atoms with Gasteiger partial charge in [-0.05, 0) is 35.9 Å². The lowest BCUT2D eigenvalue weighted by Gasteiger charge is -2.14. The molecular formula is C26H18ClN3O3. The average Bonchev–Trinajstić information content (AvgIpc) is 3.28. The van der Waals surface area contributed by atoms with E-state index in [1.807, 2.05) is 78.9 Å². The van der Waals surface area contributed by atoms with E-state index in [-0.39, 0.29) is 5.69 Å². The first kappa shape index (κ1) is 20.7. The molecule has 0 aliphatic heterocycles. The maximum atomic E-state index is 11.6. The summed E-state index contributed by atoms with van der Waals surface area (Å²) in [4.78, 5) is 16.2. The molecule has 0 amide bonds. The topological polar surface area (TPSA) is 76.7 Å². The number of hydrogen-bond acceptors (Lipinski definition) is 4. The number of rotatable bonds is 6. The molecule has 0 aliphatic carbocycles. The first-order valence-electron chi connectivity index (χ1n) is 10.2. The van der Waals surface area contributed by atoms with Crippen molar-refractivity contribution >= 4 is 23.2 Å². The van der Waals surface area contributed by atoms with Crippen molar-refractivity contribution in [3.8, 4) is 28.3 Å². The van der Waals surface area contributed by atoms with Crippen LogP contribution in [0.2, 0.25) is 5.02 Å². The molecule has 162 valence electrons. The number of aromatic carboxylic acids is 1. The van der Waals surface area contributed by atoms with E-state index in [2.05, 4.69) is 10.1 Å². The summed E-state index contributed by atoms with van der Waals surface area (Å²) in [6, 6.07) is 28.1. The third-order valence-electron chi connectivity index (χ3n) is 5.17. The Balaban J connectivity index is 1.66. The van der Waals surface area contributed by atoms with Crippen molar-refractivity contribution in [2.75, 3.05) is 0 Å². The Morgan fingerprint density at radius 1 is 0.939 bits per heavy atom. The van der Waals surface area contributed by atoms with E-state index in [0.29, 0.717) is 34.4 Å². The van der Waals surface area contributed by atoms with Gasteiger partial charge in [0.25, 0.3) is 0 Å². The number of ether oxygens (including phenoxy) is 1. The highest BCUT2D eigenvalue weighted by atomic mass is 35.5. The summed E-state index contributed by atoms with van der Waals surface area (Å²) in [5.74, 6) is -0.470. The molecule has 2 heterocycles. The molecule has 2 aromatic heterocycles. The zero-order chi connectivity index (χ0) is 22.8. The monoisotopic (exact) mass is 455 g/mol. The Labute approximate surface area is 194 Å². The van der Waals surface area contributed by atoms with Gasteiger partial charge in [-0.2, -0.15) is 5.10 Å². The summed E-state index contributed by atoms with van der Waals surface area (Å²) in [5, 5.41) is 14.3. The lowest BCUT2D eigenvalue weighted by atomic mass is 10.1. The molecule has 0 radical (unpaired) electrons. The summed E-state index contributed by atoms with van der Waals surface area (Å²) >= 11 is 6.20. The van der Waals surface area contributed by atoms with Crippen LogP contribution in [0.4, 0.5) is 0 Å². The van der Waals surface area contributed by atoms with Gasteiger partial charge in [0.05, 0.1) is 11.4 Å². The largest absolute Gasteiger partial charge is 0.488 e. The average molecular weight is 456 g/mol. The number of hydrogen-bond donors (Lipinski definition) is 1. The van der Waals surface area contributed by atoms with Crippen molar-refractivity contribution < 1.29 is 14.6 Å². The molecule has 0 saturated carbocycles. The Morgan fingerprint density at radius 2 is 1.73 bits per heavy atom. The molecule has 1 N–H and O–H groups in total. The second kappa shape index (κ2) is 8.76. The quantitative estimate of drug-likeness (QED) is 0.340. The van der Waals surface area contributed by atoms with Gasteiger partial charge in [0, 0.05) is 22.2 Å². The van der Waals surface area contributed by atoms with Crippen LogP contribution in [0.5, 0.6) is 5.75 Å². The molecule has 5 aromatic rings. The number of carbonyl (C=O) groups is 1. The number of benzene rings is 3. The highest BCUT2D eigenvalue weighted by Gasteiger charge is 2.18. The normalized spacial score (nSPS) is 10.9. The molecule has 0 unspecified atom stereocenters. The molecule has 3 aromatic carbocycles. The lowest BCUT2D eigenvalue weighted by molar-refractivity contribution is 0.0690. The molecule has 0 bridgehead atoms. The number of carboxylic acid groups (broad SMARTS) is 1. The molecular weight excluding hydrogens is 438 g/mol. The van der Waals surface area contributed by atoms with Crippen molar-refractivity contribution in [3.05, 3.63) is 107 Å². The van der Waals surface area contributed by atoms with E-state index in [9.17, 15) is 9.90 Å². The molecule has 0 spiro atoms. The summed E-state index contributed by atoms with van der Waals surface area (Å²) < 4.78 is 7.68. The number of fused-ring (bicyclic) bond motifs is 1. The van der Waals surface area contributed by atoms with Crippen molar-refractivity contribution in [2.45, 2.75) is 6.61 Å². The van der Waals surface area contributed by atoms with Crippen molar-refractivity contribution in [3.63, 3.8) is 0 Å². The minimum atomic E-state index is -1.12. The second-order valence-corrected chi connectivity index (χ2v) is 7.85. The van der Waals surface area contributed by atoms with Gasteiger partial charge in [0.15, 0.2) is 11.3 Å². The highest BCUT2D eigenvalue weighted by Crippen LogP contribution is 2.33.